The van der Waals surface area contributed by atoms with Gasteiger partial charge in [0.15, 0.2) is 0 Å². The summed E-state index contributed by atoms with van der Waals surface area (Å²) in [6, 6.07) is 2.46. The number of rotatable bonds is 15. The van der Waals surface area contributed by atoms with Crippen LogP contribution < -0.4 is 0 Å². The van der Waals surface area contributed by atoms with E-state index < -0.39 is 0 Å². The van der Waals surface area contributed by atoms with Crippen LogP contribution in [0.3, 0.4) is 0 Å². The number of carbonyl (C=O) groups is 1. The summed E-state index contributed by atoms with van der Waals surface area (Å²) in [5.41, 5.74) is 0. The second-order valence-electron chi connectivity index (χ2n) is 13.4. The van der Waals surface area contributed by atoms with Crippen LogP contribution in [-0.2, 0) is 9.63 Å². The summed E-state index contributed by atoms with van der Waals surface area (Å²) in [6.07, 6.45) is 36.4. The van der Waals surface area contributed by atoms with Crippen molar-refractivity contribution in [2.75, 3.05) is 6.61 Å². The quantitative estimate of drug-likeness (QED) is 0.156. The molecule has 4 aliphatic carbocycles. The van der Waals surface area contributed by atoms with E-state index in [-0.39, 0.29) is 0 Å². The van der Waals surface area contributed by atoms with Crippen LogP contribution in [0.4, 0.5) is 0 Å². The average molecular weight is 531 g/mol. The second kappa shape index (κ2) is 17.9. The van der Waals surface area contributed by atoms with Crippen molar-refractivity contribution in [3.63, 3.8) is 0 Å². The van der Waals surface area contributed by atoms with Crippen LogP contribution in [0.15, 0.2) is 0 Å². The SMILES string of the molecule is O=C(CCCCCCCCCON(C1CCCCC1)C1CCCCC1)N(C1CCCCC1)C1CCCCC1. The fourth-order valence-corrected chi connectivity index (χ4v) is 8.17. The van der Waals surface area contributed by atoms with Crippen LogP contribution in [0, 0.1) is 0 Å². The summed E-state index contributed by atoms with van der Waals surface area (Å²) in [4.78, 5) is 22.3. The first kappa shape index (κ1) is 30.4. The lowest BCUT2D eigenvalue weighted by molar-refractivity contribution is -0.224. The van der Waals surface area contributed by atoms with E-state index in [1.807, 2.05) is 0 Å². The third-order valence-electron chi connectivity index (χ3n) is 10.4. The van der Waals surface area contributed by atoms with Crippen molar-refractivity contribution in [3.8, 4) is 0 Å². The molecule has 4 saturated carbocycles. The van der Waals surface area contributed by atoms with Crippen molar-refractivity contribution in [2.45, 2.75) is 204 Å². The van der Waals surface area contributed by atoms with Gasteiger partial charge in [-0.3, -0.25) is 9.63 Å². The van der Waals surface area contributed by atoms with E-state index in [1.165, 1.54) is 167 Å². The Balaban J connectivity index is 1.06. The van der Waals surface area contributed by atoms with Gasteiger partial charge >= 0.3 is 0 Å². The fraction of sp³-hybridized carbons (Fsp3) is 0.971. The molecule has 4 fully saturated rings. The lowest BCUT2D eigenvalue weighted by Crippen LogP contribution is -2.48. The van der Waals surface area contributed by atoms with Gasteiger partial charge in [-0.1, -0.05) is 109 Å². The van der Waals surface area contributed by atoms with E-state index in [4.69, 9.17) is 4.84 Å². The third kappa shape index (κ3) is 10.1. The van der Waals surface area contributed by atoms with E-state index in [1.54, 1.807) is 0 Å². The average Bonchev–Trinajstić information content (AvgIpc) is 2.98. The number of carbonyl (C=O) groups excluding carboxylic acids is 1. The van der Waals surface area contributed by atoms with Crippen LogP contribution in [0.1, 0.15) is 180 Å². The van der Waals surface area contributed by atoms with E-state index in [9.17, 15) is 4.79 Å². The van der Waals surface area contributed by atoms with Gasteiger partial charge in [0.1, 0.15) is 0 Å². The predicted molar refractivity (Wildman–Crippen MR) is 159 cm³/mol. The third-order valence-corrected chi connectivity index (χ3v) is 10.4. The Labute approximate surface area is 236 Å². The zero-order valence-corrected chi connectivity index (χ0v) is 25.0. The minimum absolute atomic E-state index is 0.487. The molecule has 0 aromatic rings. The van der Waals surface area contributed by atoms with Crippen LogP contribution >= 0.6 is 0 Å². The molecule has 38 heavy (non-hydrogen) atoms. The summed E-state index contributed by atoms with van der Waals surface area (Å²) >= 11 is 0. The van der Waals surface area contributed by atoms with E-state index >= 15 is 0 Å². The van der Waals surface area contributed by atoms with Crippen LogP contribution in [-0.4, -0.2) is 46.6 Å². The highest BCUT2D eigenvalue weighted by molar-refractivity contribution is 5.77. The molecule has 0 aliphatic heterocycles. The Morgan fingerprint density at radius 2 is 0.842 bits per heavy atom. The fourth-order valence-electron chi connectivity index (χ4n) is 8.17. The molecular weight excluding hydrogens is 468 g/mol. The zero-order chi connectivity index (χ0) is 26.3. The van der Waals surface area contributed by atoms with Gasteiger partial charge in [-0.25, -0.2) is 0 Å². The topological polar surface area (TPSA) is 32.8 Å². The molecule has 0 unspecified atom stereocenters. The first-order chi connectivity index (χ1) is 18.8. The summed E-state index contributed by atoms with van der Waals surface area (Å²) in [7, 11) is 0. The molecule has 0 saturated heterocycles. The van der Waals surface area contributed by atoms with Gasteiger partial charge in [-0.2, -0.15) is 5.06 Å². The van der Waals surface area contributed by atoms with Crippen molar-refractivity contribution in [3.05, 3.63) is 0 Å². The summed E-state index contributed by atoms with van der Waals surface area (Å²) in [6.45, 7) is 0.916. The lowest BCUT2D eigenvalue weighted by Gasteiger charge is -2.42. The van der Waals surface area contributed by atoms with Gasteiger partial charge in [0, 0.05) is 30.6 Å². The first-order valence-corrected chi connectivity index (χ1v) is 17.6. The van der Waals surface area contributed by atoms with Gasteiger partial charge < -0.3 is 4.90 Å². The standard InChI is InChI=1S/C34H62N2O2/c37-34(35(30-20-10-6-11-21-30)31-22-12-7-13-23-31)28-18-4-2-1-3-5-19-29-38-36(32-24-14-8-15-25-32)33-26-16-9-17-27-33/h30-33H,1-29H2. The molecule has 0 aromatic carbocycles. The van der Waals surface area contributed by atoms with Gasteiger partial charge in [0.2, 0.25) is 5.91 Å². The Morgan fingerprint density at radius 3 is 1.29 bits per heavy atom. The Bertz CT molecular complexity index is 580. The number of hydroxylamine groups is 2. The smallest absolute Gasteiger partial charge is 0.223 e. The molecule has 4 heteroatoms. The van der Waals surface area contributed by atoms with Crippen molar-refractivity contribution in [1.82, 2.24) is 9.96 Å². The molecule has 4 nitrogen and oxygen atoms in total. The maximum atomic E-state index is 13.3. The number of hydrogen-bond donors (Lipinski definition) is 0. The van der Waals surface area contributed by atoms with Crippen molar-refractivity contribution in [1.29, 1.82) is 0 Å². The van der Waals surface area contributed by atoms with Gasteiger partial charge in [0.05, 0.1) is 6.61 Å². The van der Waals surface area contributed by atoms with Crippen molar-refractivity contribution >= 4 is 5.91 Å². The largest absolute Gasteiger partial charge is 0.337 e. The molecule has 0 aromatic heterocycles. The molecule has 0 spiro atoms. The molecule has 0 bridgehead atoms. The summed E-state index contributed by atoms with van der Waals surface area (Å²) in [5.74, 6) is 0.487. The normalized spacial score (nSPS) is 23.2. The maximum Gasteiger partial charge on any atom is 0.223 e. The highest BCUT2D eigenvalue weighted by atomic mass is 16.7. The van der Waals surface area contributed by atoms with E-state index in [0.717, 1.165) is 19.4 Å². The highest BCUT2D eigenvalue weighted by Crippen LogP contribution is 2.32. The predicted octanol–water partition coefficient (Wildman–Crippen LogP) is 9.50. The molecule has 0 radical (unpaired) electrons. The second-order valence-corrected chi connectivity index (χ2v) is 13.4. The number of hydrogen-bond acceptors (Lipinski definition) is 3. The summed E-state index contributed by atoms with van der Waals surface area (Å²) < 4.78 is 0. The van der Waals surface area contributed by atoms with Gasteiger partial charge in [-0.05, 0) is 64.2 Å². The van der Waals surface area contributed by atoms with Crippen molar-refractivity contribution < 1.29 is 9.63 Å². The number of nitrogens with zero attached hydrogens (tertiary/aromatic N) is 2. The first-order valence-electron chi connectivity index (χ1n) is 17.6. The lowest BCUT2D eigenvalue weighted by atomic mass is 9.88. The number of amides is 1. The van der Waals surface area contributed by atoms with Gasteiger partial charge in [-0.15, -0.1) is 0 Å². The van der Waals surface area contributed by atoms with Crippen LogP contribution in [0.5, 0.6) is 0 Å². The Morgan fingerprint density at radius 1 is 0.474 bits per heavy atom. The van der Waals surface area contributed by atoms with Gasteiger partial charge in [0.25, 0.3) is 0 Å². The minimum Gasteiger partial charge on any atom is -0.337 e. The molecule has 0 N–H and O–H groups in total. The van der Waals surface area contributed by atoms with Crippen molar-refractivity contribution in [2.24, 2.45) is 0 Å². The van der Waals surface area contributed by atoms with Crippen LogP contribution in [0.25, 0.3) is 0 Å². The molecular formula is C34H62N2O2. The maximum absolute atomic E-state index is 13.3. The molecule has 1 amide bonds. The van der Waals surface area contributed by atoms with E-state index in [0.29, 0.717) is 30.1 Å². The van der Waals surface area contributed by atoms with E-state index in [2.05, 4.69) is 9.96 Å². The minimum atomic E-state index is 0.487. The monoisotopic (exact) mass is 530 g/mol. The van der Waals surface area contributed by atoms with Crippen LogP contribution in [0.2, 0.25) is 0 Å². The molecule has 220 valence electrons. The molecule has 0 atom stereocenters. The molecule has 4 rings (SSSR count). The molecule has 4 aliphatic rings. The number of unbranched alkanes of at least 4 members (excludes halogenated alkanes) is 6. The molecule has 0 heterocycles. The summed E-state index contributed by atoms with van der Waals surface area (Å²) in [5, 5.41) is 2.50. The Hall–Kier alpha value is -0.610. The highest BCUT2D eigenvalue weighted by Gasteiger charge is 2.32. The zero-order valence-electron chi connectivity index (χ0n) is 25.0. The Kier molecular flexibility index (Phi) is 14.3.